The van der Waals surface area contributed by atoms with Crippen molar-refractivity contribution in [3.63, 3.8) is 0 Å². The number of nitrogens with zero attached hydrogens (tertiary/aromatic N) is 1. The van der Waals surface area contributed by atoms with Crippen LogP contribution in [0.3, 0.4) is 0 Å². The Morgan fingerprint density at radius 2 is 1.73 bits per heavy atom. The lowest BCUT2D eigenvalue weighted by molar-refractivity contribution is -0.121. The fourth-order valence-electron chi connectivity index (χ4n) is 2.80. The lowest BCUT2D eigenvalue weighted by atomic mass is 10.2. The Balaban J connectivity index is 1.36. The van der Waals surface area contributed by atoms with Crippen LogP contribution >= 0.6 is 0 Å². The number of hydrogen-bond acceptors (Lipinski definition) is 3. The van der Waals surface area contributed by atoms with Crippen LogP contribution in [0.4, 0.5) is 0 Å². The topological polar surface area (TPSA) is 52.5 Å². The molecule has 0 fully saturated rings. The molecular weight excluding hydrogens is 328 g/mol. The summed E-state index contributed by atoms with van der Waals surface area (Å²) in [7, 11) is 0. The summed E-state index contributed by atoms with van der Waals surface area (Å²) >= 11 is 0. The average molecular weight is 352 g/mol. The Kier molecular flexibility index (Phi) is 6.14. The van der Waals surface area contributed by atoms with Gasteiger partial charge >= 0.3 is 0 Å². The highest BCUT2D eigenvalue weighted by molar-refractivity contribution is 5.80. The first kappa shape index (κ1) is 17.9. The minimum absolute atomic E-state index is 0.0260. The van der Waals surface area contributed by atoms with Crippen molar-refractivity contribution >= 4 is 16.8 Å². The van der Waals surface area contributed by atoms with Gasteiger partial charge in [-0.05, 0) is 48.7 Å². The van der Waals surface area contributed by atoms with Crippen LogP contribution < -0.4 is 14.8 Å². The molecule has 0 aliphatic rings. The van der Waals surface area contributed by atoms with Gasteiger partial charge in [0.2, 0.25) is 5.91 Å². The number of para-hydroxylation sites is 1. The molecule has 0 radical (unpaired) electrons. The van der Waals surface area contributed by atoms with Crippen LogP contribution in [0.2, 0.25) is 0 Å². The first-order chi connectivity index (χ1) is 12.8. The fourth-order valence-corrected chi connectivity index (χ4v) is 2.80. The van der Waals surface area contributed by atoms with Crippen molar-refractivity contribution in [1.29, 1.82) is 0 Å². The van der Waals surface area contributed by atoms with E-state index in [1.165, 1.54) is 5.39 Å². The molecule has 0 bridgehead atoms. The van der Waals surface area contributed by atoms with E-state index in [0.717, 1.165) is 17.0 Å². The van der Waals surface area contributed by atoms with Crippen LogP contribution in [0.25, 0.3) is 10.9 Å². The van der Waals surface area contributed by atoms with E-state index >= 15 is 0 Å². The van der Waals surface area contributed by atoms with E-state index in [2.05, 4.69) is 28.1 Å². The van der Waals surface area contributed by atoms with Crippen LogP contribution in [-0.4, -0.2) is 30.2 Å². The summed E-state index contributed by atoms with van der Waals surface area (Å²) in [5.74, 6) is 1.62. The Morgan fingerprint density at radius 3 is 2.50 bits per heavy atom. The number of fused-ring (bicyclic) bond motifs is 1. The van der Waals surface area contributed by atoms with E-state index in [-0.39, 0.29) is 5.91 Å². The van der Waals surface area contributed by atoms with Crippen LogP contribution in [0.1, 0.15) is 13.3 Å². The molecule has 1 amide bonds. The van der Waals surface area contributed by atoms with Gasteiger partial charge in [0.25, 0.3) is 0 Å². The van der Waals surface area contributed by atoms with Gasteiger partial charge in [0, 0.05) is 24.7 Å². The Labute approximate surface area is 153 Å². The van der Waals surface area contributed by atoms with Gasteiger partial charge in [-0.2, -0.15) is 0 Å². The number of hydrogen-bond donors (Lipinski definition) is 1. The van der Waals surface area contributed by atoms with Gasteiger partial charge in [-0.1, -0.05) is 18.2 Å². The molecule has 0 atom stereocenters. The van der Waals surface area contributed by atoms with E-state index in [1.54, 1.807) is 0 Å². The van der Waals surface area contributed by atoms with Crippen molar-refractivity contribution in [3.05, 3.63) is 60.8 Å². The second-order valence-electron chi connectivity index (χ2n) is 5.92. The van der Waals surface area contributed by atoms with Gasteiger partial charge in [-0.3, -0.25) is 4.79 Å². The standard InChI is InChI=1S/C21H24N2O3/c1-2-25-18-7-9-19(10-8-18)26-16-13-22-21(24)12-15-23-14-11-17-5-3-4-6-20(17)23/h3-11,14H,2,12-13,15-16H2,1H3,(H,22,24). The molecule has 26 heavy (non-hydrogen) atoms. The molecule has 3 rings (SSSR count). The van der Waals surface area contributed by atoms with Crippen LogP contribution in [0.15, 0.2) is 60.8 Å². The van der Waals surface area contributed by atoms with E-state index < -0.39 is 0 Å². The molecule has 0 unspecified atom stereocenters. The maximum atomic E-state index is 12.0. The van der Waals surface area contributed by atoms with Gasteiger partial charge in [0.05, 0.1) is 13.2 Å². The first-order valence-corrected chi connectivity index (χ1v) is 8.92. The molecule has 3 aromatic rings. The van der Waals surface area contributed by atoms with Gasteiger partial charge < -0.3 is 19.4 Å². The minimum atomic E-state index is 0.0260. The quantitative estimate of drug-likeness (QED) is 0.599. The third kappa shape index (κ3) is 4.79. The van der Waals surface area contributed by atoms with Crippen molar-refractivity contribution < 1.29 is 14.3 Å². The molecule has 1 aromatic heterocycles. The minimum Gasteiger partial charge on any atom is -0.494 e. The molecule has 0 saturated carbocycles. The Morgan fingerprint density at radius 1 is 1.00 bits per heavy atom. The third-order valence-corrected chi connectivity index (χ3v) is 4.09. The van der Waals surface area contributed by atoms with Crippen molar-refractivity contribution in [2.45, 2.75) is 19.9 Å². The Bertz CT molecular complexity index is 840. The second kappa shape index (κ2) is 8.94. The van der Waals surface area contributed by atoms with E-state index in [4.69, 9.17) is 9.47 Å². The summed E-state index contributed by atoms with van der Waals surface area (Å²) in [5.41, 5.74) is 1.15. The largest absolute Gasteiger partial charge is 0.494 e. The van der Waals surface area contributed by atoms with Gasteiger partial charge in [0.1, 0.15) is 18.1 Å². The number of rotatable bonds is 9. The predicted molar refractivity (Wildman–Crippen MR) is 103 cm³/mol. The molecule has 1 N–H and O–H groups in total. The number of carbonyl (C=O) groups excluding carboxylic acids is 1. The van der Waals surface area contributed by atoms with Crippen LogP contribution in [-0.2, 0) is 11.3 Å². The summed E-state index contributed by atoms with van der Waals surface area (Å²) in [6.07, 6.45) is 2.47. The molecule has 1 heterocycles. The average Bonchev–Trinajstić information content (AvgIpc) is 3.08. The number of ether oxygens (including phenoxy) is 2. The molecule has 0 saturated heterocycles. The molecular formula is C21H24N2O3. The zero-order chi connectivity index (χ0) is 18.2. The highest BCUT2D eigenvalue weighted by Crippen LogP contribution is 2.17. The normalized spacial score (nSPS) is 10.7. The number of aryl methyl sites for hydroxylation is 1. The zero-order valence-electron chi connectivity index (χ0n) is 15.0. The summed E-state index contributed by atoms with van der Waals surface area (Å²) in [6, 6.07) is 17.7. The number of nitrogens with one attached hydrogen (secondary N) is 1. The SMILES string of the molecule is CCOc1ccc(OCCNC(=O)CCn2ccc3ccccc32)cc1. The molecule has 0 spiro atoms. The number of benzene rings is 2. The third-order valence-electron chi connectivity index (χ3n) is 4.09. The molecule has 5 nitrogen and oxygen atoms in total. The van der Waals surface area contributed by atoms with E-state index in [9.17, 15) is 4.79 Å². The second-order valence-corrected chi connectivity index (χ2v) is 5.92. The van der Waals surface area contributed by atoms with Gasteiger partial charge in [-0.25, -0.2) is 0 Å². The maximum Gasteiger partial charge on any atom is 0.221 e. The van der Waals surface area contributed by atoms with Crippen molar-refractivity contribution in [2.24, 2.45) is 0 Å². The van der Waals surface area contributed by atoms with E-state index in [1.807, 2.05) is 49.5 Å². The molecule has 0 aliphatic heterocycles. The van der Waals surface area contributed by atoms with Crippen molar-refractivity contribution in [1.82, 2.24) is 9.88 Å². The summed E-state index contributed by atoms with van der Waals surface area (Å²) < 4.78 is 13.1. The van der Waals surface area contributed by atoms with Crippen molar-refractivity contribution in [3.8, 4) is 11.5 Å². The molecule has 2 aromatic carbocycles. The fraction of sp³-hybridized carbons (Fsp3) is 0.286. The Hall–Kier alpha value is -2.95. The monoisotopic (exact) mass is 352 g/mol. The number of carbonyl (C=O) groups is 1. The highest BCUT2D eigenvalue weighted by atomic mass is 16.5. The number of amides is 1. The summed E-state index contributed by atoms with van der Waals surface area (Å²) in [6.45, 7) is 4.18. The zero-order valence-corrected chi connectivity index (χ0v) is 15.0. The maximum absolute atomic E-state index is 12.0. The molecule has 5 heteroatoms. The summed E-state index contributed by atoms with van der Waals surface area (Å²) in [5, 5.41) is 4.08. The predicted octanol–water partition coefficient (Wildman–Crippen LogP) is 3.63. The van der Waals surface area contributed by atoms with Gasteiger partial charge in [0.15, 0.2) is 0 Å². The van der Waals surface area contributed by atoms with Crippen LogP contribution in [0.5, 0.6) is 11.5 Å². The first-order valence-electron chi connectivity index (χ1n) is 8.92. The molecule has 136 valence electrons. The van der Waals surface area contributed by atoms with E-state index in [0.29, 0.717) is 32.7 Å². The van der Waals surface area contributed by atoms with Crippen LogP contribution in [0, 0.1) is 0 Å². The van der Waals surface area contributed by atoms with Gasteiger partial charge in [-0.15, -0.1) is 0 Å². The molecule has 0 aliphatic carbocycles. The summed E-state index contributed by atoms with van der Waals surface area (Å²) in [4.78, 5) is 12.0. The lowest BCUT2D eigenvalue weighted by Gasteiger charge is -2.09. The van der Waals surface area contributed by atoms with Crippen molar-refractivity contribution in [2.75, 3.05) is 19.8 Å². The highest BCUT2D eigenvalue weighted by Gasteiger charge is 2.04. The number of aromatic nitrogens is 1. The smallest absolute Gasteiger partial charge is 0.221 e. The lowest BCUT2D eigenvalue weighted by Crippen LogP contribution is -2.28.